The smallest absolute Gasteiger partial charge is 0.335 e. The second kappa shape index (κ2) is 10.8. The van der Waals surface area contributed by atoms with Gasteiger partial charge in [-0.25, -0.2) is 19.2 Å². The zero-order valence-electron chi connectivity index (χ0n) is 20.5. The van der Waals surface area contributed by atoms with Crippen molar-refractivity contribution in [2.24, 2.45) is 0 Å². The van der Waals surface area contributed by atoms with Gasteiger partial charge in [-0.1, -0.05) is 18.2 Å². The quantitative estimate of drug-likeness (QED) is 0.402. The molecule has 0 saturated carbocycles. The van der Waals surface area contributed by atoms with Crippen LogP contribution in [0.5, 0.6) is 0 Å². The van der Waals surface area contributed by atoms with Crippen LogP contribution in [0.3, 0.4) is 0 Å². The van der Waals surface area contributed by atoms with Crippen molar-refractivity contribution >= 4 is 17.8 Å². The van der Waals surface area contributed by atoms with E-state index >= 15 is 0 Å². The van der Waals surface area contributed by atoms with Gasteiger partial charge in [0.2, 0.25) is 0 Å². The van der Waals surface area contributed by atoms with Crippen molar-refractivity contribution in [1.29, 1.82) is 0 Å². The molecule has 1 heterocycles. The van der Waals surface area contributed by atoms with E-state index < -0.39 is 17.8 Å². The minimum atomic E-state index is -1.03. The average molecular weight is 507 g/mol. The van der Waals surface area contributed by atoms with Gasteiger partial charge in [0.15, 0.2) is 0 Å². The summed E-state index contributed by atoms with van der Waals surface area (Å²) >= 11 is 0. The van der Waals surface area contributed by atoms with Crippen molar-refractivity contribution in [1.82, 2.24) is 20.2 Å². The summed E-state index contributed by atoms with van der Waals surface area (Å²) < 4.78 is 13.5. The first-order chi connectivity index (χ1) is 17.7. The number of aliphatic carboxylic acids is 1. The van der Waals surface area contributed by atoms with Crippen molar-refractivity contribution in [2.45, 2.75) is 45.8 Å². The lowest BCUT2D eigenvalue weighted by Gasteiger charge is -2.28. The largest absolute Gasteiger partial charge is 0.480 e. The summed E-state index contributed by atoms with van der Waals surface area (Å²) in [6.45, 7) is 3.40. The van der Waals surface area contributed by atoms with Crippen molar-refractivity contribution in [3.05, 3.63) is 93.3 Å². The number of rotatable bonds is 9. The molecule has 10 heteroatoms. The predicted octanol–water partition coefficient (Wildman–Crippen LogP) is 3.43. The van der Waals surface area contributed by atoms with Gasteiger partial charge in [0, 0.05) is 30.9 Å². The van der Waals surface area contributed by atoms with E-state index in [1.54, 1.807) is 43.0 Å². The maximum Gasteiger partial charge on any atom is 0.335 e. The highest BCUT2D eigenvalue weighted by Crippen LogP contribution is 2.39. The van der Waals surface area contributed by atoms with Gasteiger partial charge in [-0.3, -0.25) is 14.5 Å². The summed E-state index contributed by atoms with van der Waals surface area (Å²) in [5, 5.41) is 21.9. The molecule has 0 aliphatic heterocycles. The predicted molar refractivity (Wildman–Crippen MR) is 132 cm³/mol. The number of halogens is 1. The lowest BCUT2D eigenvalue weighted by atomic mass is 9.97. The average Bonchev–Trinajstić information content (AvgIpc) is 3.29. The number of nitrogens with zero attached hydrogens (tertiary/aromatic N) is 3. The molecule has 0 fully saturated rings. The number of aryl methyl sites for hydroxylation is 1. The molecule has 1 atom stereocenters. The normalized spacial score (nSPS) is 14.4. The molecular formula is C27H27FN4O5. The molecule has 2 aromatic carbocycles. The Morgan fingerprint density at radius 2 is 1.95 bits per heavy atom. The molecule has 37 heavy (non-hydrogen) atoms. The van der Waals surface area contributed by atoms with E-state index in [1.807, 2.05) is 0 Å². The van der Waals surface area contributed by atoms with Crippen LogP contribution in [0, 0.1) is 19.7 Å². The summed E-state index contributed by atoms with van der Waals surface area (Å²) in [6, 6.07) is 7.62. The van der Waals surface area contributed by atoms with Crippen LogP contribution in [0.25, 0.3) is 0 Å². The number of benzene rings is 2. The van der Waals surface area contributed by atoms with Crippen LogP contribution >= 0.6 is 0 Å². The molecule has 0 spiro atoms. The van der Waals surface area contributed by atoms with Gasteiger partial charge in [-0.15, -0.1) is 0 Å². The monoisotopic (exact) mass is 506 g/mol. The molecule has 3 N–H and O–H groups in total. The third-order valence-corrected chi connectivity index (χ3v) is 6.72. The highest BCUT2D eigenvalue weighted by molar-refractivity contribution is 5.93. The second-order valence-electron chi connectivity index (χ2n) is 9.13. The van der Waals surface area contributed by atoms with Crippen LogP contribution in [-0.2, 0) is 24.3 Å². The first-order valence-corrected chi connectivity index (χ1v) is 11.8. The van der Waals surface area contributed by atoms with Crippen LogP contribution in [0.4, 0.5) is 4.39 Å². The molecule has 1 unspecified atom stereocenters. The summed E-state index contributed by atoms with van der Waals surface area (Å²) in [5.41, 5.74) is 4.51. The number of carbonyl (C=O) groups is 3. The molecule has 9 nitrogen and oxygen atoms in total. The van der Waals surface area contributed by atoms with Crippen molar-refractivity contribution < 1.29 is 29.0 Å². The number of aromatic nitrogens is 2. The number of hydrogen-bond acceptors (Lipinski definition) is 6. The fraction of sp³-hybridized carbons (Fsp3) is 0.296. The SMILES string of the molecule is Cc1cc(CNC(=O)c2ncncc2CN(CC(=O)O)C2CCc3c2ccc(C(=O)O)c3C)ccc1F. The number of aromatic carboxylic acids is 1. The number of fused-ring (bicyclic) bond motifs is 1. The first-order valence-electron chi connectivity index (χ1n) is 11.8. The van der Waals surface area contributed by atoms with Gasteiger partial charge >= 0.3 is 11.9 Å². The van der Waals surface area contributed by atoms with E-state index in [0.717, 1.165) is 16.7 Å². The van der Waals surface area contributed by atoms with E-state index in [9.17, 15) is 29.0 Å². The molecule has 3 aromatic rings. The van der Waals surface area contributed by atoms with Crippen LogP contribution in [0.15, 0.2) is 42.9 Å². The summed E-state index contributed by atoms with van der Waals surface area (Å²) in [6.07, 6.45) is 3.99. The number of carbonyl (C=O) groups excluding carboxylic acids is 1. The van der Waals surface area contributed by atoms with Crippen molar-refractivity contribution in [3.8, 4) is 0 Å². The Morgan fingerprint density at radius 3 is 2.65 bits per heavy atom. The Morgan fingerprint density at radius 1 is 1.16 bits per heavy atom. The van der Waals surface area contributed by atoms with Crippen molar-refractivity contribution in [2.75, 3.05) is 6.54 Å². The lowest BCUT2D eigenvalue weighted by Crippen LogP contribution is -2.34. The van der Waals surface area contributed by atoms with Gasteiger partial charge in [-0.2, -0.15) is 0 Å². The number of nitrogens with one attached hydrogen (secondary N) is 1. The number of carboxylic acids is 2. The van der Waals surface area contributed by atoms with Crippen molar-refractivity contribution in [3.63, 3.8) is 0 Å². The first kappa shape index (κ1) is 25.9. The lowest BCUT2D eigenvalue weighted by molar-refractivity contribution is -0.139. The van der Waals surface area contributed by atoms with E-state index in [1.165, 1.54) is 18.6 Å². The molecule has 0 saturated heterocycles. The summed E-state index contributed by atoms with van der Waals surface area (Å²) in [4.78, 5) is 46.2. The van der Waals surface area contributed by atoms with Crippen LogP contribution in [-0.4, -0.2) is 49.5 Å². The minimum absolute atomic E-state index is 0.107. The zero-order chi connectivity index (χ0) is 26.7. The van der Waals surface area contributed by atoms with E-state index in [-0.39, 0.29) is 42.8 Å². The third kappa shape index (κ3) is 5.64. The molecule has 1 aliphatic carbocycles. The molecule has 192 valence electrons. The summed E-state index contributed by atoms with van der Waals surface area (Å²) in [5.74, 6) is -2.81. The third-order valence-electron chi connectivity index (χ3n) is 6.72. The standard InChI is InChI=1S/C27H27FN4O5/c1-15-9-17(3-7-22(15)28)10-30-26(35)25-18(11-29-14-31-25)12-32(13-24(33)34)23-8-6-19-16(2)20(27(36)37)4-5-21(19)23/h3-5,7,9,11,14,23H,6,8,10,12-13H2,1-2H3,(H,30,35)(H,33,34)(H,36,37). The molecule has 4 rings (SSSR count). The van der Waals surface area contributed by atoms with E-state index in [4.69, 9.17) is 0 Å². The molecule has 1 aliphatic rings. The fourth-order valence-corrected chi connectivity index (χ4v) is 4.90. The topological polar surface area (TPSA) is 133 Å². The second-order valence-corrected chi connectivity index (χ2v) is 9.13. The number of amides is 1. The Kier molecular flexibility index (Phi) is 7.58. The Balaban J connectivity index is 1.57. The molecule has 1 amide bonds. The van der Waals surface area contributed by atoms with Crippen LogP contribution in [0.2, 0.25) is 0 Å². The molecule has 0 bridgehead atoms. The molecule has 0 radical (unpaired) electrons. The molecular weight excluding hydrogens is 479 g/mol. The van der Waals surface area contributed by atoms with Gasteiger partial charge < -0.3 is 15.5 Å². The van der Waals surface area contributed by atoms with Crippen LogP contribution in [0.1, 0.15) is 66.7 Å². The Labute approximate surface area is 213 Å². The van der Waals surface area contributed by atoms with E-state index in [0.29, 0.717) is 29.5 Å². The van der Waals surface area contributed by atoms with Gasteiger partial charge in [0.1, 0.15) is 17.8 Å². The Hall–Kier alpha value is -4.18. The summed E-state index contributed by atoms with van der Waals surface area (Å²) in [7, 11) is 0. The minimum Gasteiger partial charge on any atom is -0.480 e. The van der Waals surface area contributed by atoms with Gasteiger partial charge in [0.05, 0.1) is 12.1 Å². The van der Waals surface area contributed by atoms with Gasteiger partial charge in [0.25, 0.3) is 5.91 Å². The molecule has 1 aromatic heterocycles. The number of carboxylic acid groups (broad SMARTS) is 2. The highest BCUT2D eigenvalue weighted by Gasteiger charge is 2.32. The maximum absolute atomic E-state index is 13.5. The van der Waals surface area contributed by atoms with Gasteiger partial charge in [-0.05, 0) is 66.6 Å². The maximum atomic E-state index is 13.5. The zero-order valence-corrected chi connectivity index (χ0v) is 20.5. The van der Waals surface area contributed by atoms with E-state index in [2.05, 4.69) is 15.3 Å². The Bertz CT molecular complexity index is 1380. The number of hydrogen-bond donors (Lipinski definition) is 3. The van der Waals surface area contributed by atoms with Crippen LogP contribution < -0.4 is 5.32 Å². The fourth-order valence-electron chi connectivity index (χ4n) is 4.90. The highest BCUT2D eigenvalue weighted by atomic mass is 19.1.